The van der Waals surface area contributed by atoms with Gasteiger partial charge in [0.05, 0.1) is 48.8 Å². The highest BCUT2D eigenvalue weighted by Gasteiger charge is 2.21. The number of benzene rings is 3. The molecule has 0 saturated heterocycles. The van der Waals surface area contributed by atoms with Gasteiger partial charge in [-0.2, -0.15) is 0 Å². The molecule has 0 bridgehead atoms. The predicted octanol–water partition coefficient (Wildman–Crippen LogP) is 8.77. The minimum atomic E-state index is -0.661. The van der Waals surface area contributed by atoms with Crippen molar-refractivity contribution in [2.45, 2.75) is 65.8 Å². The van der Waals surface area contributed by atoms with Gasteiger partial charge in [0.2, 0.25) is 6.41 Å². The molecule has 4 aromatic rings. The summed E-state index contributed by atoms with van der Waals surface area (Å²) in [5.74, 6) is -0.954. The number of carbonyl (C=O) groups excluding carboxylic acids is 4. The Morgan fingerprint density at radius 3 is 1.82 bits per heavy atom. The number of ether oxygens (including phenoxy) is 3. The summed E-state index contributed by atoms with van der Waals surface area (Å²) in [6.07, 6.45) is 10.8. The number of rotatable bonds is 19. The molecule has 0 atom stereocenters. The van der Waals surface area contributed by atoms with Gasteiger partial charge >= 0.3 is 0 Å². The molecule has 0 aliphatic heterocycles. The van der Waals surface area contributed by atoms with Crippen molar-refractivity contribution in [3.05, 3.63) is 114 Å². The molecule has 324 valence electrons. The van der Waals surface area contributed by atoms with Crippen molar-refractivity contribution >= 4 is 53.3 Å². The second-order valence-corrected chi connectivity index (χ2v) is 15.1. The van der Waals surface area contributed by atoms with Gasteiger partial charge in [-0.25, -0.2) is 4.39 Å². The number of nitrogens with one attached hydrogen (secondary N) is 4. The lowest BCUT2D eigenvalue weighted by Crippen LogP contribution is -2.36. The Balaban J connectivity index is 0.000000537. The zero-order valence-corrected chi connectivity index (χ0v) is 35.2. The molecule has 1 aromatic heterocycles. The molecule has 5 N–H and O–H groups in total. The molecule has 3 aromatic carbocycles. The molecule has 1 fully saturated rings. The lowest BCUT2D eigenvalue weighted by Gasteiger charge is -2.23. The number of aromatic nitrogens is 1. The van der Waals surface area contributed by atoms with E-state index in [-0.39, 0.29) is 59.6 Å². The van der Waals surface area contributed by atoms with Crippen molar-refractivity contribution in [2.24, 2.45) is 11.8 Å². The summed E-state index contributed by atoms with van der Waals surface area (Å²) >= 11 is 0. The van der Waals surface area contributed by atoms with Crippen LogP contribution in [0.4, 0.5) is 21.5 Å². The SMILES string of the molecule is C=Cc1cc(NC=O)cnc1C=C.CC(C)COc1cc(C(=O)Nc2ccc(C(=O)NC3CCCCC3)cc2OCC(C)C)ccc1NC(=O)c1ccc(F)c(OCCO)c1. The van der Waals surface area contributed by atoms with Crippen LogP contribution in [0.5, 0.6) is 17.2 Å². The van der Waals surface area contributed by atoms with E-state index >= 15 is 0 Å². The van der Waals surface area contributed by atoms with E-state index in [1.807, 2.05) is 27.7 Å². The summed E-state index contributed by atoms with van der Waals surface area (Å²) in [6, 6.07) is 15.2. The quantitative estimate of drug-likeness (QED) is 0.0578. The molecule has 1 saturated carbocycles. The number of halogens is 1. The fraction of sp³-hybridized carbons (Fsp3) is 0.340. The zero-order valence-electron chi connectivity index (χ0n) is 35.2. The largest absolute Gasteiger partial charge is 0.491 e. The average Bonchev–Trinajstić information content (AvgIpc) is 3.25. The highest BCUT2D eigenvalue weighted by Crippen LogP contribution is 2.31. The van der Waals surface area contributed by atoms with Gasteiger partial charge in [-0.15, -0.1) is 0 Å². The van der Waals surface area contributed by atoms with E-state index in [0.717, 1.165) is 43.0 Å². The molecule has 5 rings (SSSR count). The molecule has 0 spiro atoms. The van der Waals surface area contributed by atoms with Gasteiger partial charge < -0.3 is 40.6 Å². The highest BCUT2D eigenvalue weighted by atomic mass is 19.1. The van der Waals surface area contributed by atoms with Gasteiger partial charge in [-0.3, -0.25) is 24.2 Å². The van der Waals surface area contributed by atoms with Crippen LogP contribution in [0, 0.1) is 17.7 Å². The summed E-state index contributed by atoms with van der Waals surface area (Å²) in [5, 5.41) is 20.3. The third kappa shape index (κ3) is 14.6. The summed E-state index contributed by atoms with van der Waals surface area (Å²) in [5.41, 5.74) is 3.83. The molecule has 14 heteroatoms. The lowest BCUT2D eigenvalue weighted by molar-refractivity contribution is -0.105. The van der Waals surface area contributed by atoms with E-state index in [1.54, 1.807) is 54.7 Å². The Kier molecular flexibility index (Phi) is 18.5. The molecule has 61 heavy (non-hydrogen) atoms. The van der Waals surface area contributed by atoms with Crippen molar-refractivity contribution in [1.29, 1.82) is 0 Å². The Hall–Kier alpha value is -6.54. The molecule has 4 amide bonds. The highest BCUT2D eigenvalue weighted by molar-refractivity contribution is 6.08. The number of carbonyl (C=O) groups is 4. The smallest absolute Gasteiger partial charge is 0.255 e. The lowest BCUT2D eigenvalue weighted by atomic mass is 9.95. The molecule has 1 aliphatic rings. The van der Waals surface area contributed by atoms with E-state index in [0.29, 0.717) is 48.0 Å². The topological polar surface area (TPSA) is 177 Å². The number of amides is 4. The maximum atomic E-state index is 14.1. The molecule has 1 aliphatic carbocycles. The zero-order chi connectivity index (χ0) is 44.3. The van der Waals surface area contributed by atoms with Crippen molar-refractivity contribution < 1.29 is 42.9 Å². The number of hydrogen-bond acceptors (Lipinski definition) is 9. The van der Waals surface area contributed by atoms with Crippen molar-refractivity contribution in [3.63, 3.8) is 0 Å². The second-order valence-electron chi connectivity index (χ2n) is 15.1. The average molecular weight is 838 g/mol. The fourth-order valence-corrected chi connectivity index (χ4v) is 6.07. The van der Waals surface area contributed by atoms with Gasteiger partial charge in [-0.1, -0.05) is 66.2 Å². The van der Waals surface area contributed by atoms with Gasteiger partial charge in [0, 0.05) is 28.3 Å². The van der Waals surface area contributed by atoms with Crippen LogP contribution < -0.4 is 35.5 Å². The Labute approximate surface area is 356 Å². The van der Waals surface area contributed by atoms with Crippen LogP contribution in [0.3, 0.4) is 0 Å². The van der Waals surface area contributed by atoms with Crippen LogP contribution in [-0.2, 0) is 4.79 Å². The number of aliphatic hydroxyl groups excluding tert-OH is 1. The van der Waals surface area contributed by atoms with E-state index < -0.39 is 17.6 Å². The van der Waals surface area contributed by atoms with Crippen LogP contribution in [0.1, 0.15) is 102 Å². The third-order valence-corrected chi connectivity index (χ3v) is 9.20. The Bertz CT molecular complexity index is 2150. The van der Waals surface area contributed by atoms with Gasteiger partial charge in [0.15, 0.2) is 11.6 Å². The summed E-state index contributed by atoms with van der Waals surface area (Å²) in [6.45, 7) is 15.5. The minimum Gasteiger partial charge on any atom is -0.491 e. The molecule has 0 radical (unpaired) electrons. The number of nitrogens with zero attached hydrogens (tertiary/aromatic N) is 1. The molecular formula is C47H56FN5O8. The van der Waals surface area contributed by atoms with E-state index in [4.69, 9.17) is 19.3 Å². The summed E-state index contributed by atoms with van der Waals surface area (Å²) in [7, 11) is 0. The van der Waals surface area contributed by atoms with Crippen LogP contribution in [0.15, 0.2) is 80.0 Å². The standard InChI is InChI=1S/C37H46FN3O7.C10H10N2O/c1-23(2)21-47-33-19-26(35(43)39-28-8-6-5-7-9-28)11-14-30(33)41-37(45)27-12-15-31(34(20-27)48-22-24(3)4)40-36(44)25-10-13-29(38)32(18-25)46-17-16-42;1-3-8-5-9(12-7-13)6-11-10(8)4-2/h10-15,18-20,23-24,28,42H,5-9,16-17,21-22H2,1-4H3,(H,39,43)(H,40,44)(H,41,45);3-7H,1-2H2,(H,12,13). The number of hydrogen-bond donors (Lipinski definition) is 5. The normalized spacial score (nSPS) is 12.3. The number of pyridine rings is 1. The van der Waals surface area contributed by atoms with Crippen LogP contribution in [0.25, 0.3) is 12.2 Å². The maximum absolute atomic E-state index is 14.1. The van der Waals surface area contributed by atoms with E-state index in [1.165, 1.54) is 24.6 Å². The first-order chi connectivity index (χ1) is 29.3. The Morgan fingerprint density at radius 1 is 0.770 bits per heavy atom. The summed E-state index contributed by atoms with van der Waals surface area (Å²) in [4.78, 5) is 53.9. The van der Waals surface area contributed by atoms with Gasteiger partial charge in [-0.05, 0) is 91.4 Å². The van der Waals surface area contributed by atoms with Crippen molar-refractivity contribution in [1.82, 2.24) is 10.3 Å². The third-order valence-electron chi connectivity index (χ3n) is 9.20. The second kappa shape index (κ2) is 23.9. The molecule has 1 heterocycles. The van der Waals surface area contributed by atoms with Crippen molar-refractivity contribution in [3.8, 4) is 17.2 Å². The monoisotopic (exact) mass is 837 g/mol. The maximum Gasteiger partial charge on any atom is 0.255 e. The van der Waals surface area contributed by atoms with Crippen LogP contribution >= 0.6 is 0 Å². The Morgan fingerprint density at radius 2 is 1.31 bits per heavy atom. The van der Waals surface area contributed by atoms with E-state index in [2.05, 4.69) is 39.4 Å². The number of anilines is 3. The first-order valence-corrected chi connectivity index (χ1v) is 20.3. The van der Waals surface area contributed by atoms with Crippen molar-refractivity contribution in [2.75, 3.05) is 42.4 Å². The van der Waals surface area contributed by atoms with Crippen LogP contribution in [-0.4, -0.2) is 66.7 Å². The first kappa shape index (κ1) is 47.1. The fourth-order valence-electron chi connectivity index (χ4n) is 6.07. The van der Waals surface area contributed by atoms with Crippen LogP contribution in [0.2, 0.25) is 0 Å². The van der Waals surface area contributed by atoms with Gasteiger partial charge in [0.1, 0.15) is 18.1 Å². The first-order valence-electron chi connectivity index (χ1n) is 20.3. The van der Waals surface area contributed by atoms with Gasteiger partial charge in [0.25, 0.3) is 17.7 Å². The number of aliphatic hydroxyl groups is 1. The molecular weight excluding hydrogens is 782 g/mol. The molecule has 13 nitrogen and oxygen atoms in total. The van der Waals surface area contributed by atoms with E-state index in [9.17, 15) is 23.6 Å². The summed E-state index contributed by atoms with van der Waals surface area (Å²) < 4.78 is 31.3. The molecule has 0 unspecified atom stereocenters. The minimum absolute atomic E-state index is 0.121. The predicted molar refractivity (Wildman–Crippen MR) is 237 cm³/mol.